The molecule has 1 amide bonds. The SMILES string of the molecule is CN(C(=O)c1cc2ccccc2cc1N)C1CCSC1. The lowest BCUT2D eigenvalue weighted by molar-refractivity contribution is 0.0749. The number of benzene rings is 2. The lowest BCUT2D eigenvalue weighted by Gasteiger charge is -2.24. The summed E-state index contributed by atoms with van der Waals surface area (Å²) in [5.41, 5.74) is 7.25. The van der Waals surface area contributed by atoms with Crippen LogP contribution in [-0.4, -0.2) is 35.4 Å². The molecule has 3 nitrogen and oxygen atoms in total. The number of thioether (sulfide) groups is 1. The molecule has 4 heteroatoms. The van der Waals surface area contributed by atoms with Crippen LogP contribution in [0.25, 0.3) is 10.8 Å². The van der Waals surface area contributed by atoms with Crippen molar-refractivity contribution in [1.82, 2.24) is 4.90 Å². The van der Waals surface area contributed by atoms with Gasteiger partial charge in [0.2, 0.25) is 0 Å². The van der Waals surface area contributed by atoms with Crippen molar-refractivity contribution in [3.8, 4) is 0 Å². The van der Waals surface area contributed by atoms with Gasteiger partial charge in [-0.05, 0) is 35.1 Å². The molecule has 1 aliphatic heterocycles. The first-order chi connectivity index (χ1) is 9.66. The number of carbonyl (C=O) groups excluding carboxylic acids is 1. The molecule has 0 saturated carbocycles. The number of hydrogen-bond donors (Lipinski definition) is 1. The van der Waals surface area contributed by atoms with Crippen LogP contribution in [0.1, 0.15) is 16.8 Å². The third-order valence-electron chi connectivity index (χ3n) is 3.92. The van der Waals surface area contributed by atoms with Crippen molar-refractivity contribution < 1.29 is 4.79 Å². The number of nitrogens with zero attached hydrogens (tertiary/aromatic N) is 1. The lowest BCUT2D eigenvalue weighted by atomic mass is 10.0. The van der Waals surface area contributed by atoms with Gasteiger partial charge in [0.25, 0.3) is 5.91 Å². The van der Waals surface area contributed by atoms with Crippen LogP contribution >= 0.6 is 11.8 Å². The van der Waals surface area contributed by atoms with E-state index in [1.807, 2.05) is 60.1 Å². The largest absolute Gasteiger partial charge is 0.398 e. The summed E-state index contributed by atoms with van der Waals surface area (Å²) in [7, 11) is 1.88. The van der Waals surface area contributed by atoms with Gasteiger partial charge in [-0.2, -0.15) is 11.8 Å². The molecule has 1 aliphatic rings. The molecule has 0 bridgehead atoms. The van der Waals surface area contributed by atoms with Crippen LogP contribution in [0, 0.1) is 0 Å². The summed E-state index contributed by atoms with van der Waals surface area (Å²) >= 11 is 1.90. The van der Waals surface area contributed by atoms with Crippen LogP contribution in [0.2, 0.25) is 0 Å². The molecule has 2 aromatic rings. The van der Waals surface area contributed by atoms with Crippen LogP contribution in [0.3, 0.4) is 0 Å². The monoisotopic (exact) mass is 286 g/mol. The minimum atomic E-state index is 0.0285. The number of nitrogens with two attached hydrogens (primary N) is 1. The van der Waals surface area contributed by atoms with Gasteiger partial charge in [0.1, 0.15) is 0 Å². The minimum Gasteiger partial charge on any atom is -0.398 e. The number of amides is 1. The Morgan fingerprint density at radius 3 is 2.65 bits per heavy atom. The predicted octanol–water partition coefficient (Wildman–Crippen LogP) is 3.00. The van der Waals surface area contributed by atoms with E-state index in [-0.39, 0.29) is 5.91 Å². The van der Waals surface area contributed by atoms with Crippen molar-refractivity contribution in [2.75, 3.05) is 24.3 Å². The highest BCUT2D eigenvalue weighted by Gasteiger charge is 2.25. The van der Waals surface area contributed by atoms with Gasteiger partial charge < -0.3 is 10.6 Å². The van der Waals surface area contributed by atoms with Crippen molar-refractivity contribution in [3.05, 3.63) is 42.0 Å². The average Bonchev–Trinajstić information content (AvgIpc) is 2.99. The maximum atomic E-state index is 12.6. The van der Waals surface area contributed by atoms with Crippen LogP contribution in [-0.2, 0) is 0 Å². The fraction of sp³-hybridized carbons (Fsp3) is 0.312. The van der Waals surface area contributed by atoms with Crippen molar-refractivity contribution in [1.29, 1.82) is 0 Å². The average molecular weight is 286 g/mol. The fourth-order valence-electron chi connectivity index (χ4n) is 2.63. The summed E-state index contributed by atoms with van der Waals surface area (Å²) in [6.45, 7) is 0. The van der Waals surface area contributed by atoms with Gasteiger partial charge in [0.15, 0.2) is 0 Å². The van der Waals surface area contributed by atoms with E-state index in [9.17, 15) is 4.79 Å². The first-order valence-corrected chi connectivity index (χ1v) is 7.95. The number of anilines is 1. The van der Waals surface area contributed by atoms with Gasteiger partial charge >= 0.3 is 0 Å². The second-order valence-corrected chi connectivity index (χ2v) is 6.37. The van der Waals surface area contributed by atoms with Gasteiger partial charge in [-0.15, -0.1) is 0 Å². The molecule has 0 aliphatic carbocycles. The van der Waals surface area contributed by atoms with Crippen molar-refractivity contribution in [2.24, 2.45) is 0 Å². The summed E-state index contributed by atoms with van der Waals surface area (Å²) < 4.78 is 0. The number of fused-ring (bicyclic) bond motifs is 1. The highest BCUT2D eigenvalue weighted by Crippen LogP contribution is 2.26. The fourth-order valence-corrected chi connectivity index (χ4v) is 3.89. The smallest absolute Gasteiger partial charge is 0.255 e. The van der Waals surface area contributed by atoms with Gasteiger partial charge in [0, 0.05) is 24.5 Å². The van der Waals surface area contributed by atoms with Crippen molar-refractivity contribution in [3.63, 3.8) is 0 Å². The van der Waals surface area contributed by atoms with E-state index in [1.54, 1.807) is 0 Å². The minimum absolute atomic E-state index is 0.0285. The maximum absolute atomic E-state index is 12.6. The molecule has 3 rings (SSSR count). The van der Waals surface area contributed by atoms with Crippen molar-refractivity contribution in [2.45, 2.75) is 12.5 Å². The molecular formula is C16H18N2OS. The third kappa shape index (κ3) is 2.36. The molecule has 1 unspecified atom stereocenters. The van der Waals surface area contributed by atoms with Crippen LogP contribution in [0.5, 0.6) is 0 Å². The molecule has 1 saturated heterocycles. The topological polar surface area (TPSA) is 46.3 Å². The highest BCUT2D eigenvalue weighted by atomic mass is 32.2. The van der Waals surface area contributed by atoms with E-state index in [1.165, 1.54) is 0 Å². The Hall–Kier alpha value is -1.68. The molecule has 1 heterocycles. The molecule has 2 N–H and O–H groups in total. The van der Waals surface area contributed by atoms with Crippen LogP contribution in [0.15, 0.2) is 36.4 Å². The lowest BCUT2D eigenvalue weighted by Crippen LogP contribution is -2.37. The second kappa shape index (κ2) is 5.37. The zero-order chi connectivity index (χ0) is 14.1. The normalized spacial score (nSPS) is 18.4. The molecule has 104 valence electrons. The quantitative estimate of drug-likeness (QED) is 0.863. The Kier molecular flexibility index (Phi) is 3.57. The number of carbonyl (C=O) groups is 1. The van der Waals surface area contributed by atoms with E-state index in [0.717, 1.165) is 28.7 Å². The van der Waals surface area contributed by atoms with Gasteiger partial charge in [-0.1, -0.05) is 24.3 Å². The molecule has 20 heavy (non-hydrogen) atoms. The maximum Gasteiger partial charge on any atom is 0.255 e. The summed E-state index contributed by atoms with van der Waals surface area (Å²) in [4.78, 5) is 14.5. The number of nitrogen functional groups attached to an aromatic ring is 1. The Morgan fingerprint density at radius 1 is 1.30 bits per heavy atom. The Labute approximate surface area is 123 Å². The zero-order valence-corrected chi connectivity index (χ0v) is 12.3. The summed E-state index contributed by atoms with van der Waals surface area (Å²) in [6.07, 6.45) is 1.07. The predicted molar refractivity (Wildman–Crippen MR) is 86.2 cm³/mol. The van der Waals surface area contributed by atoms with E-state index in [4.69, 9.17) is 5.73 Å². The van der Waals surface area contributed by atoms with E-state index < -0.39 is 0 Å². The van der Waals surface area contributed by atoms with Gasteiger partial charge in [0.05, 0.1) is 5.56 Å². The van der Waals surface area contributed by atoms with E-state index >= 15 is 0 Å². The summed E-state index contributed by atoms with van der Waals surface area (Å²) in [5.74, 6) is 2.19. The number of rotatable bonds is 2. The van der Waals surface area contributed by atoms with E-state index in [2.05, 4.69) is 0 Å². The van der Waals surface area contributed by atoms with E-state index in [0.29, 0.717) is 17.3 Å². The molecule has 0 aromatic heterocycles. The Balaban J connectivity index is 1.96. The molecule has 1 fully saturated rings. The zero-order valence-electron chi connectivity index (χ0n) is 11.5. The molecular weight excluding hydrogens is 268 g/mol. The van der Waals surface area contributed by atoms with Gasteiger partial charge in [-0.25, -0.2) is 0 Å². The first-order valence-electron chi connectivity index (χ1n) is 6.80. The standard InChI is InChI=1S/C16H18N2OS/c1-18(13-6-7-20-10-13)16(19)14-8-11-4-2-3-5-12(11)9-15(14)17/h2-5,8-9,13H,6-7,10,17H2,1H3. The Bertz CT molecular complexity index is 650. The first kappa shape index (κ1) is 13.3. The highest BCUT2D eigenvalue weighted by molar-refractivity contribution is 7.99. The molecule has 2 aromatic carbocycles. The molecule has 1 atom stereocenters. The summed E-state index contributed by atoms with van der Waals surface area (Å²) in [5, 5.41) is 2.12. The summed E-state index contributed by atoms with van der Waals surface area (Å²) in [6, 6.07) is 12.1. The van der Waals surface area contributed by atoms with Crippen LogP contribution < -0.4 is 5.73 Å². The van der Waals surface area contributed by atoms with Crippen molar-refractivity contribution >= 4 is 34.1 Å². The number of hydrogen-bond acceptors (Lipinski definition) is 3. The Morgan fingerprint density at radius 2 is 2.00 bits per heavy atom. The second-order valence-electron chi connectivity index (χ2n) is 5.22. The molecule has 0 radical (unpaired) electrons. The molecule has 0 spiro atoms. The van der Waals surface area contributed by atoms with Gasteiger partial charge in [-0.3, -0.25) is 4.79 Å². The third-order valence-corrected chi connectivity index (χ3v) is 5.07. The van der Waals surface area contributed by atoms with Crippen LogP contribution in [0.4, 0.5) is 5.69 Å².